The van der Waals surface area contributed by atoms with Crippen molar-refractivity contribution in [3.8, 4) is 0 Å². The van der Waals surface area contributed by atoms with Crippen molar-refractivity contribution in [1.82, 2.24) is 0 Å². The summed E-state index contributed by atoms with van der Waals surface area (Å²) in [7, 11) is 0. The van der Waals surface area contributed by atoms with E-state index in [1.165, 1.54) is 6.20 Å². The maximum Gasteiger partial charge on any atom is 0.173 e. The second kappa shape index (κ2) is 4.82. The number of Topliss-reactive ketones (excluding diaryl/α,β-unsaturated/α-hetero) is 1. The Bertz CT molecular complexity index is 333. The van der Waals surface area contributed by atoms with E-state index < -0.39 is 0 Å². The first-order chi connectivity index (χ1) is 6.29. The molecular formula is C10H10BrNO. The van der Waals surface area contributed by atoms with Crippen molar-refractivity contribution >= 4 is 27.8 Å². The molecule has 68 valence electrons. The third kappa shape index (κ3) is 2.42. The summed E-state index contributed by atoms with van der Waals surface area (Å²) in [5, 5.41) is 0.336. The molecule has 0 heterocycles. The first-order valence-corrected chi connectivity index (χ1v) is 4.98. The molecule has 0 aliphatic rings. The van der Waals surface area contributed by atoms with Crippen molar-refractivity contribution in [3.63, 3.8) is 0 Å². The van der Waals surface area contributed by atoms with Gasteiger partial charge in [0.25, 0.3) is 0 Å². The summed E-state index contributed by atoms with van der Waals surface area (Å²) >= 11 is 3.13. The molecule has 0 spiro atoms. The Kier molecular flexibility index (Phi) is 3.71. The van der Waals surface area contributed by atoms with Gasteiger partial charge in [0.15, 0.2) is 5.78 Å². The Morgan fingerprint density at radius 1 is 1.46 bits per heavy atom. The molecular weight excluding hydrogens is 230 g/mol. The quantitative estimate of drug-likeness (QED) is 0.650. The van der Waals surface area contributed by atoms with Gasteiger partial charge in [0, 0.05) is 5.56 Å². The van der Waals surface area contributed by atoms with Crippen LogP contribution in [0.15, 0.2) is 30.5 Å². The van der Waals surface area contributed by atoms with Gasteiger partial charge in [0.1, 0.15) is 0 Å². The standard InChI is InChI=1S/C10H10BrNO/c11-7-10(13)9-4-2-1-3-8(9)5-6-12/h1-6H,7,12H2. The van der Waals surface area contributed by atoms with Crippen molar-refractivity contribution in [3.05, 3.63) is 41.6 Å². The van der Waals surface area contributed by atoms with Crippen LogP contribution in [0.4, 0.5) is 0 Å². The number of benzene rings is 1. The topological polar surface area (TPSA) is 43.1 Å². The van der Waals surface area contributed by atoms with Crippen LogP contribution in [-0.4, -0.2) is 11.1 Å². The number of nitrogens with two attached hydrogens (primary N) is 1. The minimum Gasteiger partial charge on any atom is -0.405 e. The first kappa shape index (κ1) is 9.99. The average Bonchev–Trinajstić information content (AvgIpc) is 2.18. The highest BCUT2D eigenvalue weighted by atomic mass is 79.9. The lowest BCUT2D eigenvalue weighted by atomic mass is 10.0. The van der Waals surface area contributed by atoms with E-state index in [0.717, 1.165) is 5.56 Å². The fraction of sp³-hybridized carbons (Fsp3) is 0.100. The molecule has 1 aromatic rings. The third-order valence-electron chi connectivity index (χ3n) is 1.66. The van der Waals surface area contributed by atoms with Gasteiger partial charge >= 0.3 is 0 Å². The lowest BCUT2D eigenvalue weighted by Gasteiger charge is -2.01. The van der Waals surface area contributed by atoms with E-state index in [-0.39, 0.29) is 5.78 Å². The largest absolute Gasteiger partial charge is 0.405 e. The van der Waals surface area contributed by atoms with Crippen LogP contribution in [0.2, 0.25) is 0 Å². The molecule has 0 radical (unpaired) electrons. The van der Waals surface area contributed by atoms with E-state index >= 15 is 0 Å². The zero-order valence-electron chi connectivity index (χ0n) is 7.03. The Hall–Kier alpha value is -1.09. The molecule has 0 fully saturated rings. The summed E-state index contributed by atoms with van der Waals surface area (Å²) in [5.74, 6) is 0.0636. The Labute approximate surface area is 85.6 Å². The molecule has 0 aliphatic heterocycles. The predicted octanol–water partition coefficient (Wildman–Crippen LogP) is 2.19. The zero-order valence-corrected chi connectivity index (χ0v) is 8.62. The first-order valence-electron chi connectivity index (χ1n) is 3.86. The molecule has 0 aliphatic carbocycles. The highest BCUT2D eigenvalue weighted by Crippen LogP contribution is 2.11. The molecule has 0 bridgehead atoms. The van der Waals surface area contributed by atoms with Crippen molar-refractivity contribution in [1.29, 1.82) is 0 Å². The normalized spacial score (nSPS) is 10.5. The predicted molar refractivity (Wildman–Crippen MR) is 57.8 cm³/mol. The van der Waals surface area contributed by atoms with Gasteiger partial charge in [-0.15, -0.1) is 0 Å². The highest BCUT2D eigenvalue weighted by molar-refractivity contribution is 9.09. The minimum absolute atomic E-state index is 0.0636. The monoisotopic (exact) mass is 239 g/mol. The fourth-order valence-electron chi connectivity index (χ4n) is 1.07. The second-order valence-electron chi connectivity index (χ2n) is 2.50. The molecule has 1 rings (SSSR count). The molecule has 0 unspecified atom stereocenters. The van der Waals surface area contributed by atoms with Crippen LogP contribution in [-0.2, 0) is 0 Å². The van der Waals surface area contributed by atoms with E-state index in [2.05, 4.69) is 15.9 Å². The summed E-state index contributed by atoms with van der Waals surface area (Å²) in [5.41, 5.74) is 6.82. The summed E-state index contributed by atoms with van der Waals surface area (Å²) < 4.78 is 0. The van der Waals surface area contributed by atoms with E-state index in [9.17, 15) is 4.79 Å². The highest BCUT2D eigenvalue weighted by Gasteiger charge is 2.06. The number of hydrogen-bond donors (Lipinski definition) is 1. The molecule has 0 saturated carbocycles. The van der Waals surface area contributed by atoms with Gasteiger partial charge in [-0.2, -0.15) is 0 Å². The Morgan fingerprint density at radius 2 is 2.15 bits per heavy atom. The van der Waals surface area contributed by atoms with Gasteiger partial charge in [-0.3, -0.25) is 4.79 Å². The molecule has 2 N–H and O–H groups in total. The van der Waals surface area contributed by atoms with Crippen molar-refractivity contribution in [2.75, 3.05) is 5.33 Å². The van der Waals surface area contributed by atoms with E-state index in [4.69, 9.17) is 5.73 Å². The van der Waals surface area contributed by atoms with Gasteiger partial charge < -0.3 is 5.73 Å². The van der Waals surface area contributed by atoms with Gasteiger partial charge in [0.05, 0.1) is 5.33 Å². The van der Waals surface area contributed by atoms with Crippen LogP contribution < -0.4 is 5.73 Å². The molecule has 2 nitrogen and oxygen atoms in total. The molecule has 0 saturated heterocycles. The molecule has 0 atom stereocenters. The van der Waals surface area contributed by atoms with Crippen LogP contribution in [0.25, 0.3) is 6.08 Å². The Morgan fingerprint density at radius 3 is 2.77 bits per heavy atom. The van der Waals surface area contributed by atoms with Crippen molar-refractivity contribution in [2.45, 2.75) is 0 Å². The number of carbonyl (C=O) groups is 1. The zero-order chi connectivity index (χ0) is 9.68. The van der Waals surface area contributed by atoms with Gasteiger partial charge in [-0.25, -0.2) is 0 Å². The van der Waals surface area contributed by atoms with Crippen molar-refractivity contribution in [2.24, 2.45) is 5.73 Å². The SMILES string of the molecule is NC=Cc1ccccc1C(=O)CBr. The van der Waals surface area contributed by atoms with E-state index in [1.54, 1.807) is 12.1 Å². The maximum atomic E-state index is 11.4. The number of hydrogen-bond acceptors (Lipinski definition) is 2. The number of halogens is 1. The summed E-state index contributed by atoms with van der Waals surface area (Å²) in [4.78, 5) is 11.4. The summed E-state index contributed by atoms with van der Waals surface area (Å²) in [6.45, 7) is 0. The second-order valence-corrected chi connectivity index (χ2v) is 3.06. The van der Waals surface area contributed by atoms with Gasteiger partial charge in [-0.1, -0.05) is 40.2 Å². The molecule has 13 heavy (non-hydrogen) atoms. The average molecular weight is 240 g/mol. The summed E-state index contributed by atoms with van der Waals surface area (Å²) in [6, 6.07) is 7.36. The molecule has 1 aromatic carbocycles. The van der Waals surface area contributed by atoms with Crippen LogP contribution in [0, 0.1) is 0 Å². The molecule has 0 aromatic heterocycles. The lowest BCUT2D eigenvalue weighted by Crippen LogP contribution is -2.02. The smallest absolute Gasteiger partial charge is 0.173 e. The minimum atomic E-state index is 0.0636. The molecule has 0 amide bonds. The van der Waals surface area contributed by atoms with Crippen LogP contribution >= 0.6 is 15.9 Å². The number of carbonyl (C=O) groups excluding carboxylic acids is 1. The van der Waals surface area contributed by atoms with Crippen LogP contribution in [0.3, 0.4) is 0 Å². The Balaban J connectivity index is 3.11. The van der Waals surface area contributed by atoms with Gasteiger partial charge in [-0.05, 0) is 17.8 Å². The van der Waals surface area contributed by atoms with Crippen LogP contribution in [0.1, 0.15) is 15.9 Å². The molecule has 3 heteroatoms. The number of ketones is 1. The van der Waals surface area contributed by atoms with Crippen LogP contribution in [0.5, 0.6) is 0 Å². The van der Waals surface area contributed by atoms with Crippen molar-refractivity contribution < 1.29 is 4.79 Å². The maximum absolute atomic E-state index is 11.4. The number of alkyl halides is 1. The summed E-state index contributed by atoms with van der Waals surface area (Å²) in [6.07, 6.45) is 3.15. The van der Waals surface area contributed by atoms with Gasteiger partial charge in [0.2, 0.25) is 0 Å². The number of rotatable bonds is 3. The van der Waals surface area contributed by atoms with E-state index in [1.807, 2.05) is 18.2 Å². The third-order valence-corrected chi connectivity index (χ3v) is 2.17. The fourth-order valence-corrected chi connectivity index (χ4v) is 1.37. The van der Waals surface area contributed by atoms with E-state index in [0.29, 0.717) is 10.9 Å². The lowest BCUT2D eigenvalue weighted by molar-refractivity contribution is 0.102.